The Labute approximate surface area is 160 Å². The normalized spacial score (nSPS) is 10.7. The molecule has 2 aromatic carbocycles. The highest BCUT2D eigenvalue weighted by atomic mass is 16.1. The van der Waals surface area contributed by atoms with Crippen LogP contribution in [0.25, 0.3) is 11.3 Å². The molecule has 1 aromatic heterocycles. The molecule has 1 amide bonds. The van der Waals surface area contributed by atoms with E-state index in [1.165, 1.54) is 5.56 Å². The summed E-state index contributed by atoms with van der Waals surface area (Å²) in [5, 5.41) is 7.69. The second kappa shape index (κ2) is 9.14. The fourth-order valence-corrected chi connectivity index (χ4v) is 2.93. The van der Waals surface area contributed by atoms with Gasteiger partial charge in [-0.1, -0.05) is 60.2 Å². The Balaban J connectivity index is 1.86. The lowest BCUT2D eigenvalue weighted by Gasteiger charge is -2.05. The number of hydrogen-bond donors (Lipinski definition) is 2. The van der Waals surface area contributed by atoms with Crippen LogP contribution in [0.1, 0.15) is 34.3 Å². The quantitative estimate of drug-likeness (QED) is 0.604. The van der Waals surface area contributed by atoms with Gasteiger partial charge >= 0.3 is 0 Å². The van der Waals surface area contributed by atoms with Crippen LogP contribution in [-0.2, 0) is 6.54 Å². The first-order valence-corrected chi connectivity index (χ1v) is 9.34. The van der Waals surface area contributed by atoms with E-state index in [1.807, 2.05) is 60.3 Å². The molecule has 0 saturated heterocycles. The van der Waals surface area contributed by atoms with Crippen LogP contribution in [0.4, 0.5) is 0 Å². The van der Waals surface area contributed by atoms with Crippen molar-refractivity contribution >= 4 is 5.91 Å². The van der Waals surface area contributed by atoms with Gasteiger partial charge in [-0.25, -0.2) is 0 Å². The summed E-state index contributed by atoms with van der Waals surface area (Å²) in [7, 11) is 0. The third-order valence-electron chi connectivity index (χ3n) is 4.44. The second-order valence-electron chi connectivity index (χ2n) is 6.69. The molecule has 1 heterocycles. The van der Waals surface area contributed by atoms with Gasteiger partial charge in [0.2, 0.25) is 0 Å². The molecule has 0 spiro atoms. The lowest BCUT2D eigenvalue weighted by atomic mass is 10.1. The number of nitrogens with one attached hydrogen (secondary N) is 1. The molecule has 0 radical (unpaired) electrons. The summed E-state index contributed by atoms with van der Waals surface area (Å²) >= 11 is 0. The second-order valence-corrected chi connectivity index (χ2v) is 6.69. The zero-order valence-electron chi connectivity index (χ0n) is 15.7. The summed E-state index contributed by atoms with van der Waals surface area (Å²) in [6, 6.07) is 18.2. The number of carbonyl (C=O) groups is 1. The highest BCUT2D eigenvalue weighted by Crippen LogP contribution is 2.23. The maximum absolute atomic E-state index is 12.7. The van der Waals surface area contributed by atoms with Crippen LogP contribution in [0.3, 0.4) is 0 Å². The monoisotopic (exact) mass is 362 g/mol. The predicted molar refractivity (Wildman–Crippen MR) is 109 cm³/mol. The van der Waals surface area contributed by atoms with Crippen LogP contribution in [0.15, 0.2) is 60.8 Å². The smallest absolute Gasteiger partial charge is 0.255 e. The molecule has 27 heavy (non-hydrogen) atoms. The zero-order valence-corrected chi connectivity index (χ0v) is 15.7. The third-order valence-corrected chi connectivity index (χ3v) is 4.44. The van der Waals surface area contributed by atoms with Gasteiger partial charge in [0.05, 0.1) is 12.1 Å². The van der Waals surface area contributed by atoms with Crippen molar-refractivity contribution in [1.29, 1.82) is 0 Å². The highest BCUT2D eigenvalue weighted by molar-refractivity contribution is 5.99. The minimum Gasteiger partial charge on any atom is -0.352 e. The van der Waals surface area contributed by atoms with Crippen LogP contribution in [0.5, 0.6) is 0 Å². The molecule has 3 N–H and O–H groups in total. The average molecular weight is 362 g/mol. The molecule has 0 bridgehead atoms. The van der Waals surface area contributed by atoms with Crippen molar-refractivity contribution in [2.45, 2.75) is 26.3 Å². The number of benzene rings is 2. The number of aromatic nitrogens is 2. The van der Waals surface area contributed by atoms with E-state index in [0.29, 0.717) is 30.9 Å². The van der Waals surface area contributed by atoms with Gasteiger partial charge in [-0.15, -0.1) is 0 Å². The molecular formula is C22H26N4O. The van der Waals surface area contributed by atoms with E-state index in [0.717, 1.165) is 24.0 Å². The molecule has 0 unspecified atom stereocenters. The van der Waals surface area contributed by atoms with Gasteiger partial charge in [-0.3, -0.25) is 9.48 Å². The molecule has 0 aliphatic carbocycles. The lowest BCUT2D eigenvalue weighted by Crippen LogP contribution is -2.25. The average Bonchev–Trinajstić information content (AvgIpc) is 3.10. The van der Waals surface area contributed by atoms with E-state index < -0.39 is 0 Å². The summed E-state index contributed by atoms with van der Waals surface area (Å²) in [5.74, 6) is -0.0955. The Hall–Kier alpha value is -2.92. The molecule has 5 nitrogen and oxygen atoms in total. The maximum atomic E-state index is 12.7. The number of rotatable bonds is 8. The van der Waals surface area contributed by atoms with Crippen LogP contribution >= 0.6 is 0 Å². The Bertz CT molecular complexity index is 869. The van der Waals surface area contributed by atoms with Crippen LogP contribution in [0, 0.1) is 6.92 Å². The number of nitrogens with two attached hydrogens (primary N) is 1. The zero-order chi connectivity index (χ0) is 19.1. The fraction of sp³-hybridized carbons (Fsp3) is 0.273. The van der Waals surface area contributed by atoms with E-state index in [2.05, 4.69) is 17.4 Å². The van der Waals surface area contributed by atoms with Crippen molar-refractivity contribution in [3.8, 4) is 11.3 Å². The van der Waals surface area contributed by atoms with Crippen LogP contribution in [-0.4, -0.2) is 28.8 Å². The predicted octanol–water partition coefficient (Wildman–Crippen LogP) is 3.38. The minimum atomic E-state index is -0.0955. The Morgan fingerprint density at radius 2 is 1.81 bits per heavy atom. The number of nitrogens with zero attached hydrogens (tertiary/aromatic N) is 2. The minimum absolute atomic E-state index is 0.0955. The molecular weight excluding hydrogens is 336 g/mol. The molecule has 5 heteroatoms. The van der Waals surface area contributed by atoms with Gasteiger partial charge in [0.1, 0.15) is 5.69 Å². The standard InChI is InChI=1S/C22H26N4O/c1-17-9-11-19(12-10-17)21-20(22(27)24-14-6-5-13-23)16-26(25-21)15-18-7-3-2-4-8-18/h2-4,7-12,16H,5-6,13-15,23H2,1H3,(H,24,27). The molecule has 0 aliphatic heterocycles. The van der Waals surface area contributed by atoms with Crippen LogP contribution < -0.4 is 11.1 Å². The van der Waals surface area contributed by atoms with E-state index in [4.69, 9.17) is 10.8 Å². The number of carbonyl (C=O) groups excluding carboxylic acids is 1. The van der Waals surface area contributed by atoms with Crippen molar-refractivity contribution in [2.75, 3.05) is 13.1 Å². The molecule has 3 aromatic rings. The summed E-state index contributed by atoms with van der Waals surface area (Å²) in [5.41, 5.74) is 10.1. The summed E-state index contributed by atoms with van der Waals surface area (Å²) < 4.78 is 1.83. The lowest BCUT2D eigenvalue weighted by molar-refractivity contribution is 0.0953. The van der Waals surface area contributed by atoms with Gasteiger partial charge in [0.25, 0.3) is 5.91 Å². The van der Waals surface area contributed by atoms with Gasteiger partial charge in [-0.05, 0) is 31.9 Å². The number of unbranched alkanes of at least 4 members (excludes halogenated alkanes) is 1. The Morgan fingerprint density at radius 1 is 1.07 bits per heavy atom. The van der Waals surface area contributed by atoms with E-state index in [1.54, 1.807) is 0 Å². The van der Waals surface area contributed by atoms with Gasteiger partial charge in [-0.2, -0.15) is 5.10 Å². The number of amides is 1. The number of aryl methyl sites for hydroxylation is 1. The van der Waals surface area contributed by atoms with Crippen molar-refractivity contribution in [3.63, 3.8) is 0 Å². The Morgan fingerprint density at radius 3 is 2.52 bits per heavy atom. The molecule has 0 atom stereocenters. The largest absolute Gasteiger partial charge is 0.352 e. The third kappa shape index (κ3) is 5.05. The first-order valence-electron chi connectivity index (χ1n) is 9.34. The molecule has 140 valence electrons. The molecule has 0 fully saturated rings. The van der Waals surface area contributed by atoms with Crippen molar-refractivity contribution in [2.24, 2.45) is 5.73 Å². The molecule has 0 saturated carbocycles. The van der Waals surface area contributed by atoms with Crippen molar-refractivity contribution < 1.29 is 4.79 Å². The first kappa shape index (κ1) is 18.9. The summed E-state index contributed by atoms with van der Waals surface area (Å²) in [4.78, 5) is 12.7. The van der Waals surface area contributed by atoms with Gasteiger partial charge in [0, 0.05) is 18.3 Å². The summed E-state index contributed by atoms with van der Waals surface area (Å²) in [6.45, 7) is 3.93. The van der Waals surface area contributed by atoms with E-state index in [-0.39, 0.29) is 5.91 Å². The van der Waals surface area contributed by atoms with Crippen LogP contribution in [0.2, 0.25) is 0 Å². The van der Waals surface area contributed by atoms with Crippen molar-refractivity contribution in [3.05, 3.63) is 77.5 Å². The van der Waals surface area contributed by atoms with Crippen molar-refractivity contribution in [1.82, 2.24) is 15.1 Å². The topological polar surface area (TPSA) is 72.9 Å². The highest BCUT2D eigenvalue weighted by Gasteiger charge is 2.17. The maximum Gasteiger partial charge on any atom is 0.255 e. The summed E-state index contributed by atoms with van der Waals surface area (Å²) in [6.07, 6.45) is 3.61. The Kier molecular flexibility index (Phi) is 6.39. The molecule has 3 rings (SSSR count). The SMILES string of the molecule is Cc1ccc(-c2nn(Cc3ccccc3)cc2C(=O)NCCCCN)cc1. The fourth-order valence-electron chi connectivity index (χ4n) is 2.93. The van der Waals surface area contributed by atoms with Gasteiger partial charge in [0.15, 0.2) is 0 Å². The first-order chi connectivity index (χ1) is 13.2. The number of hydrogen-bond acceptors (Lipinski definition) is 3. The van der Waals surface area contributed by atoms with Gasteiger partial charge < -0.3 is 11.1 Å². The molecule has 0 aliphatic rings. The van der Waals surface area contributed by atoms with E-state index in [9.17, 15) is 4.79 Å². The van der Waals surface area contributed by atoms with E-state index >= 15 is 0 Å².